The minimum absolute atomic E-state index is 0.111. The minimum atomic E-state index is -1.27. The number of amides is 4. The summed E-state index contributed by atoms with van der Waals surface area (Å²) in [5.41, 5.74) is 0.770. The van der Waals surface area contributed by atoms with Crippen molar-refractivity contribution in [2.75, 3.05) is 18.5 Å². The third-order valence-corrected chi connectivity index (χ3v) is 6.85. The first kappa shape index (κ1) is 18.2. The lowest BCUT2D eigenvalue weighted by atomic mass is 9.73. The summed E-state index contributed by atoms with van der Waals surface area (Å²) in [5, 5.41) is 4.65. The van der Waals surface area contributed by atoms with Crippen molar-refractivity contribution in [1.29, 1.82) is 0 Å². The number of benzene rings is 2. The van der Waals surface area contributed by atoms with Gasteiger partial charge in [-0.3, -0.25) is 19.8 Å². The topological polar surface area (TPSA) is 69.7 Å². The van der Waals surface area contributed by atoms with Gasteiger partial charge >= 0.3 is 6.03 Å². The number of carbonyl (C=O) groups excluding carboxylic acids is 3. The van der Waals surface area contributed by atoms with Crippen LogP contribution in [0.25, 0.3) is 10.8 Å². The fourth-order valence-corrected chi connectivity index (χ4v) is 5.38. The monoisotopic (exact) mass is 391 g/mol. The van der Waals surface area contributed by atoms with Crippen LogP contribution in [0.5, 0.6) is 0 Å². The normalized spacial score (nSPS) is 25.5. The number of nitrogens with zero attached hydrogens (tertiary/aromatic N) is 2. The first-order valence-electron chi connectivity index (χ1n) is 10.4. The second kappa shape index (κ2) is 6.58. The van der Waals surface area contributed by atoms with Crippen LogP contribution < -0.4 is 10.2 Å². The smallest absolute Gasteiger partial charge is 0.331 e. The van der Waals surface area contributed by atoms with Crippen molar-refractivity contribution in [3.8, 4) is 0 Å². The fourth-order valence-electron chi connectivity index (χ4n) is 5.38. The zero-order valence-corrected chi connectivity index (χ0v) is 16.6. The lowest BCUT2D eigenvalue weighted by Crippen LogP contribution is -2.70. The molecule has 1 saturated heterocycles. The molecule has 3 aliphatic rings. The van der Waals surface area contributed by atoms with Gasteiger partial charge in [0.05, 0.1) is 0 Å². The molecular weight excluding hydrogens is 366 g/mol. The van der Waals surface area contributed by atoms with E-state index in [4.69, 9.17) is 0 Å². The van der Waals surface area contributed by atoms with Crippen LogP contribution in [0.1, 0.15) is 37.7 Å². The van der Waals surface area contributed by atoms with Crippen molar-refractivity contribution in [2.45, 2.75) is 44.6 Å². The van der Waals surface area contributed by atoms with Crippen molar-refractivity contribution in [3.63, 3.8) is 0 Å². The maximum Gasteiger partial charge on any atom is 0.331 e. The van der Waals surface area contributed by atoms with Gasteiger partial charge in [0, 0.05) is 31.7 Å². The van der Waals surface area contributed by atoms with Gasteiger partial charge < -0.3 is 4.90 Å². The van der Waals surface area contributed by atoms with Gasteiger partial charge in [-0.15, -0.1) is 0 Å². The number of rotatable bonds is 1. The van der Waals surface area contributed by atoms with E-state index in [1.165, 1.54) is 4.90 Å². The first-order chi connectivity index (χ1) is 14.0. The molecule has 1 N–H and O–H groups in total. The van der Waals surface area contributed by atoms with Crippen molar-refractivity contribution < 1.29 is 14.4 Å². The minimum Gasteiger partial charge on any atom is -0.373 e. The number of barbiturate groups is 1. The molecule has 0 bridgehead atoms. The molecule has 2 fully saturated rings. The van der Waals surface area contributed by atoms with E-state index < -0.39 is 17.4 Å². The quantitative estimate of drug-likeness (QED) is 0.758. The highest BCUT2D eigenvalue weighted by molar-refractivity contribution is 6.20. The number of nitrogens with one attached hydrogen (secondary N) is 1. The molecule has 1 saturated carbocycles. The Morgan fingerprint density at radius 2 is 1.76 bits per heavy atom. The molecule has 2 heterocycles. The van der Waals surface area contributed by atoms with E-state index in [1.54, 1.807) is 0 Å². The predicted molar refractivity (Wildman–Crippen MR) is 111 cm³/mol. The molecule has 1 aliphatic carbocycles. The zero-order chi connectivity index (χ0) is 20.2. The molecule has 6 heteroatoms. The summed E-state index contributed by atoms with van der Waals surface area (Å²) in [6.45, 7) is 0.277. The van der Waals surface area contributed by atoms with Crippen LogP contribution in [0.4, 0.5) is 10.5 Å². The highest BCUT2D eigenvalue weighted by atomic mass is 16.2. The van der Waals surface area contributed by atoms with Gasteiger partial charge in [0.25, 0.3) is 0 Å². The summed E-state index contributed by atoms with van der Waals surface area (Å²) in [6, 6.07) is 11.5. The Balaban J connectivity index is 1.61. The Bertz CT molecular complexity index is 1030. The van der Waals surface area contributed by atoms with Crippen LogP contribution in [-0.4, -0.2) is 42.4 Å². The van der Waals surface area contributed by atoms with E-state index in [-0.39, 0.29) is 18.5 Å². The van der Waals surface area contributed by atoms with E-state index >= 15 is 0 Å². The molecule has 4 amide bonds. The molecule has 2 aromatic rings. The Labute approximate surface area is 169 Å². The van der Waals surface area contributed by atoms with Crippen LogP contribution in [0, 0.1) is 5.41 Å². The molecule has 5 rings (SSSR count). The summed E-state index contributed by atoms with van der Waals surface area (Å²) >= 11 is 0. The van der Waals surface area contributed by atoms with E-state index in [9.17, 15) is 14.4 Å². The molecular formula is C23H25N3O3. The molecule has 29 heavy (non-hydrogen) atoms. The lowest BCUT2D eigenvalue weighted by molar-refractivity contribution is -0.153. The predicted octanol–water partition coefficient (Wildman–Crippen LogP) is 3.23. The molecule has 1 spiro atoms. The fraction of sp³-hybridized carbons (Fsp3) is 0.435. The highest BCUT2D eigenvalue weighted by Crippen LogP contribution is 2.43. The van der Waals surface area contributed by atoms with Crippen LogP contribution in [-0.2, 0) is 16.0 Å². The summed E-state index contributed by atoms with van der Waals surface area (Å²) in [5.74, 6) is -0.798. The molecule has 2 aliphatic heterocycles. The van der Waals surface area contributed by atoms with Crippen LogP contribution in [0.2, 0.25) is 0 Å². The van der Waals surface area contributed by atoms with Gasteiger partial charge in [0.15, 0.2) is 0 Å². The lowest BCUT2D eigenvalue weighted by Gasteiger charge is -2.47. The van der Waals surface area contributed by atoms with Crippen LogP contribution >= 0.6 is 0 Å². The Morgan fingerprint density at radius 3 is 2.55 bits per heavy atom. The molecule has 6 nitrogen and oxygen atoms in total. The third kappa shape index (κ3) is 2.65. The Kier molecular flexibility index (Phi) is 4.12. The van der Waals surface area contributed by atoms with Crippen molar-refractivity contribution in [3.05, 3.63) is 42.0 Å². The van der Waals surface area contributed by atoms with E-state index in [0.29, 0.717) is 6.42 Å². The number of anilines is 1. The Morgan fingerprint density at radius 1 is 1.00 bits per heavy atom. The number of imide groups is 2. The molecule has 0 unspecified atom stereocenters. The van der Waals surface area contributed by atoms with Gasteiger partial charge in [0.1, 0.15) is 5.41 Å². The second-order valence-electron chi connectivity index (χ2n) is 8.63. The Hall–Kier alpha value is -2.89. The SMILES string of the molecule is CN1C[C@@]2(Cc3c1ccc1ccccc31)C(=O)NC(=O)N(C1CCCCC1)C2=O. The van der Waals surface area contributed by atoms with Gasteiger partial charge in [-0.05, 0) is 35.2 Å². The van der Waals surface area contributed by atoms with Crippen LogP contribution in [0.3, 0.4) is 0 Å². The van der Waals surface area contributed by atoms with Gasteiger partial charge in [-0.1, -0.05) is 49.6 Å². The average molecular weight is 391 g/mol. The van der Waals surface area contributed by atoms with Crippen molar-refractivity contribution >= 4 is 34.3 Å². The summed E-state index contributed by atoms with van der Waals surface area (Å²) in [7, 11) is 1.91. The largest absolute Gasteiger partial charge is 0.373 e. The van der Waals surface area contributed by atoms with Gasteiger partial charge in [-0.2, -0.15) is 0 Å². The maximum atomic E-state index is 13.7. The van der Waals surface area contributed by atoms with Gasteiger partial charge in [0.2, 0.25) is 11.8 Å². The average Bonchev–Trinajstić information content (AvgIpc) is 2.73. The van der Waals surface area contributed by atoms with E-state index in [2.05, 4.69) is 17.4 Å². The number of carbonyl (C=O) groups is 3. The number of hydrogen-bond donors (Lipinski definition) is 1. The van der Waals surface area contributed by atoms with Crippen LogP contribution in [0.15, 0.2) is 36.4 Å². The second-order valence-corrected chi connectivity index (χ2v) is 8.63. The summed E-state index contributed by atoms with van der Waals surface area (Å²) < 4.78 is 0. The maximum absolute atomic E-state index is 13.7. The van der Waals surface area contributed by atoms with Gasteiger partial charge in [-0.25, -0.2) is 4.79 Å². The molecule has 0 aromatic heterocycles. The molecule has 0 radical (unpaired) electrons. The van der Waals surface area contributed by atoms with E-state index in [0.717, 1.165) is 54.1 Å². The summed E-state index contributed by atoms with van der Waals surface area (Å²) in [4.78, 5) is 42.8. The first-order valence-corrected chi connectivity index (χ1v) is 10.4. The standard InChI is InChI=1S/C23H25N3O3/c1-25-14-23(13-18-17-10-6-5-7-15(17)11-12-19(18)25)20(27)24-22(29)26(21(23)28)16-8-3-2-4-9-16/h5-7,10-12,16H,2-4,8-9,13-14H2,1H3,(H,24,27,29)/t23-/m0/s1. The molecule has 150 valence electrons. The number of hydrogen-bond acceptors (Lipinski definition) is 4. The molecule has 2 aromatic carbocycles. The van der Waals surface area contributed by atoms with Crippen molar-refractivity contribution in [1.82, 2.24) is 10.2 Å². The number of fused-ring (bicyclic) bond motifs is 3. The highest BCUT2D eigenvalue weighted by Gasteiger charge is 2.57. The van der Waals surface area contributed by atoms with E-state index in [1.807, 2.05) is 36.2 Å². The number of urea groups is 1. The third-order valence-electron chi connectivity index (χ3n) is 6.85. The zero-order valence-electron chi connectivity index (χ0n) is 16.6. The summed E-state index contributed by atoms with van der Waals surface area (Å²) in [6.07, 6.45) is 5.10. The van der Waals surface area contributed by atoms with Crippen molar-refractivity contribution in [2.24, 2.45) is 5.41 Å². The molecule has 1 atom stereocenters.